The molecule has 0 unspecified atom stereocenters. The minimum atomic E-state index is 0.640. The number of halogens is 1. The number of aromatic nitrogens is 4. The lowest BCUT2D eigenvalue weighted by atomic mass is 10.1. The maximum Gasteiger partial charge on any atom is 0.184 e. The SMILES string of the molecule is CN1CCN(CCn2nc(N3CCN(C)CC3)c3c(Cl)c(-c4ccccc4)nnc32)CC1. The van der Waals surface area contributed by atoms with Crippen molar-refractivity contribution in [2.75, 3.05) is 77.9 Å². The Labute approximate surface area is 194 Å². The van der Waals surface area contributed by atoms with Crippen LogP contribution in [0, 0.1) is 0 Å². The van der Waals surface area contributed by atoms with E-state index in [0.29, 0.717) is 10.7 Å². The van der Waals surface area contributed by atoms with Crippen molar-refractivity contribution in [1.29, 1.82) is 0 Å². The normalized spacial score (nSPS) is 19.2. The van der Waals surface area contributed by atoms with Gasteiger partial charge in [0.25, 0.3) is 0 Å². The fraction of sp³-hybridized carbons (Fsp3) is 0.522. The minimum Gasteiger partial charge on any atom is -0.352 e. The molecule has 5 rings (SSSR count). The lowest BCUT2D eigenvalue weighted by Gasteiger charge is -2.33. The molecule has 2 fully saturated rings. The summed E-state index contributed by atoms with van der Waals surface area (Å²) >= 11 is 7.00. The van der Waals surface area contributed by atoms with E-state index in [4.69, 9.17) is 16.7 Å². The van der Waals surface area contributed by atoms with E-state index in [9.17, 15) is 0 Å². The van der Waals surface area contributed by atoms with Crippen molar-refractivity contribution in [3.63, 3.8) is 0 Å². The highest BCUT2D eigenvalue weighted by atomic mass is 35.5. The van der Waals surface area contributed by atoms with E-state index < -0.39 is 0 Å². The molecule has 0 atom stereocenters. The van der Waals surface area contributed by atoms with Crippen LogP contribution in [0.25, 0.3) is 22.3 Å². The Morgan fingerprint density at radius 3 is 2.16 bits per heavy atom. The third-order valence-corrected chi connectivity index (χ3v) is 7.02. The maximum absolute atomic E-state index is 7.00. The number of nitrogens with zero attached hydrogens (tertiary/aromatic N) is 8. The first-order chi connectivity index (χ1) is 15.6. The quantitative estimate of drug-likeness (QED) is 0.585. The number of benzene rings is 1. The lowest BCUT2D eigenvalue weighted by Crippen LogP contribution is -2.45. The summed E-state index contributed by atoms with van der Waals surface area (Å²) in [6, 6.07) is 10.0. The zero-order chi connectivity index (χ0) is 22.1. The lowest BCUT2D eigenvalue weighted by molar-refractivity contribution is 0.149. The summed E-state index contributed by atoms with van der Waals surface area (Å²) in [5.74, 6) is 0.934. The first-order valence-electron chi connectivity index (χ1n) is 11.4. The number of anilines is 1. The summed E-state index contributed by atoms with van der Waals surface area (Å²) in [5.41, 5.74) is 2.47. The van der Waals surface area contributed by atoms with Gasteiger partial charge in [0.15, 0.2) is 11.5 Å². The maximum atomic E-state index is 7.00. The molecule has 0 spiro atoms. The van der Waals surface area contributed by atoms with E-state index in [0.717, 1.165) is 87.9 Å². The number of hydrogen-bond donors (Lipinski definition) is 0. The molecule has 0 bridgehead atoms. The Morgan fingerprint density at radius 1 is 0.812 bits per heavy atom. The zero-order valence-electron chi connectivity index (χ0n) is 18.9. The first kappa shape index (κ1) is 21.6. The molecule has 2 aliphatic heterocycles. The van der Waals surface area contributed by atoms with Gasteiger partial charge in [-0.05, 0) is 14.1 Å². The van der Waals surface area contributed by atoms with Crippen molar-refractivity contribution < 1.29 is 0 Å². The van der Waals surface area contributed by atoms with Crippen LogP contribution < -0.4 is 4.90 Å². The Morgan fingerprint density at radius 2 is 1.47 bits per heavy atom. The van der Waals surface area contributed by atoms with Crippen molar-refractivity contribution in [1.82, 2.24) is 34.7 Å². The second-order valence-electron chi connectivity index (χ2n) is 8.91. The van der Waals surface area contributed by atoms with Gasteiger partial charge in [-0.15, -0.1) is 10.2 Å². The van der Waals surface area contributed by atoms with Crippen LogP contribution in [-0.2, 0) is 6.54 Å². The van der Waals surface area contributed by atoms with Gasteiger partial charge >= 0.3 is 0 Å². The van der Waals surface area contributed by atoms with E-state index in [-0.39, 0.29) is 0 Å². The summed E-state index contributed by atoms with van der Waals surface area (Å²) in [6.07, 6.45) is 0. The Kier molecular flexibility index (Phi) is 6.28. The van der Waals surface area contributed by atoms with Crippen LogP contribution in [0.2, 0.25) is 5.02 Å². The average Bonchev–Trinajstić information content (AvgIpc) is 3.19. The van der Waals surface area contributed by atoms with Crippen LogP contribution in [0.4, 0.5) is 5.82 Å². The highest BCUT2D eigenvalue weighted by molar-refractivity contribution is 6.38. The Balaban J connectivity index is 1.50. The van der Waals surface area contributed by atoms with Crippen LogP contribution in [0.15, 0.2) is 30.3 Å². The average molecular weight is 455 g/mol. The predicted molar refractivity (Wildman–Crippen MR) is 129 cm³/mol. The van der Waals surface area contributed by atoms with Gasteiger partial charge in [0.1, 0.15) is 5.69 Å². The van der Waals surface area contributed by atoms with Gasteiger partial charge in [0, 0.05) is 64.5 Å². The highest BCUT2D eigenvalue weighted by Crippen LogP contribution is 2.37. The van der Waals surface area contributed by atoms with Gasteiger partial charge in [-0.25, -0.2) is 4.68 Å². The summed E-state index contributed by atoms with van der Waals surface area (Å²) in [5, 5.41) is 15.7. The molecule has 3 aromatic rings. The number of likely N-dealkylation sites (N-methyl/N-ethyl adjacent to an activating group) is 2. The Hall–Kier alpha value is -2.26. The summed E-state index contributed by atoms with van der Waals surface area (Å²) in [7, 11) is 4.35. The number of piperazine rings is 2. The fourth-order valence-electron chi connectivity index (χ4n) is 4.48. The second-order valence-corrected chi connectivity index (χ2v) is 9.29. The van der Waals surface area contributed by atoms with Crippen molar-refractivity contribution >= 4 is 28.5 Å². The van der Waals surface area contributed by atoms with Crippen molar-refractivity contribution in [3.8, 4) is 11.3 Å². The van der Waals surface area contributed by atoms with Gasteiger partial charge in [-0.2, -0.15) is 5.10 Å². The van der Waals surface area contributed by atoms with Crippen molar-refractivity contribution in [2.45, 2.75) is 6.54 Å². The van der Waals surface area contributed by atoms with E-state index >= 15 is 0 Å². The molecule has 1 aromatic carbocycles. The first-order valence-corrected chi connectivity index (χ1v) is 11.8. The third-order valence-electron chi connectivity index (χ3n) is 6.65. The van der Waals surface area contributed by atoms with E-state index in [1.54, 1.807) is 0 Å². The van der Waals surface area contributed by atoms with Gasteiger partial charge < -0.3 is 14.7 Å². The molecule has 2 saturated heterocycles. The molecule has 170 valence electrons. The molecule has 32 heavy (non-hydrogen) atoms. The molecule has 2 aliphatic rings. The zero-order valence-corrected chi connectivity index (χ0v) is 19.7. The standard InChI is InChI=1S/C23H31ClN8/c1-28-8-12-30(13-9-28)14-17-32-22-19(23(27-32)31-15-10-29(2)11-16-31)20(24)21(25-26-22)18-6-4-3-5-7-18/h3-7H,8-17H2,1-2H3. The largest absolute Gasteiger partial charge is 0.352 e. The van der Waals surface area contributed by atoms with Crippen LogP contribution >= 0.6 is 11.6 Å². The van der Waals surface area contributed by atoms with E-state index in [2.05, 4.69) is 43.9 Å². The molecule has 0 N–H and O–H groups in total. The van der Waals surface area contributed by atoms with E-state index in [1.165, 1.54) is 0 Å². The second kappa shape index (κ2) is 9.31. The Bertz CT molecular complexity index is 1050. The van der Waals surface area contributed by atoms with Crippen LogP contribution in [-0.4, -0.2) is 108 Å². The molecule has 9 heteroatoms. The number of hydrogen-bond acceptors (Lipinski definition) is 7. The van der Waals surface area contributed by atoms with Crippen LogP contribution in [0.1, 0.15) is 0 Å². The van der Waals surface area contributed by atoms with Crippen LogP contribution in [0.5, 0.6) is 0 Å². The van der Waals surface area contributed by atoms with Gasteiger partial charge in [0.2, 0.25) is 0 Å². The summed E-state index contributed by atoms with van der Waals surface area (Å²) < 4.78 is 2.01. The molecule has 0 amide bonds. The predicted octanol–water partition coefficient (Wildman–Crippen LogP) is 2.15. The smallest absolute Gasteiger partial charge is 0.184 e. The number of fused-ring (bicyclic) bond motifs is 1. The topological polar surface area (TPSA) is 56.6 Å². The molecule has 0 saturated carbocycles. The third kappa shape index (κ3) is 4.32. The molecule has 0 aliphatic carbocycles. The minimum absolute atomic E-state index is 0.640. The van der Waals surface area contributed by atoms with Gasteiger partial charge in [0.05, 0.1) is 17.0 Å². The van der Waals surface area contributed by atoms with Gasteiger partial charge in [-0.1, -0.05) is 41.9 Å². The molecular weight excluding hydrogens is 424 g/mol. The molecule has 2 aromatic heterocycles. The molecule has 4 heterocycles. The molecular formula is C23H31ClN8. The van der Waals surface area contributed by atoms with E-state index in [1.807, 2.05) is 35.0 Å². The number of rotatable bonds is 5. The van der Waals surface area contributed by atoms with Crippen molar-refractivity contribution in [3.05, 3.63) is 35.4 Å². The summed E-state index contributed by atoms with van der Waals surface area (Å²) in [6.45, 7) is 10.0. The highest BCUT2D eigenvalue weighted by Gasteiger charge is 2.26. The molecule has 0 radical (unpaired) electrons. The monoisotopic (exact) mass is 454 g/mol. The van der Waals surface area contributed by atoms with Gasteiger partial charge in [-0.3, -0.25) is 4.90 Å². The fourth-order valence-corrected chi connectivity index (χ4v) is 4.80. The van der Waals surface area contributed by atoms with Crippen LogP contribution in [0.3, 0.4) is 0 Å². The summed E-state index contributed by atoms with van der Waals surface area (Å²) in [4.78, 5) is 9.56. The van der Waals surface area contributed by atoms with Crippen molar-refractivity contribution in [2.24, 2.45) is 0 Å². The molecule has 8 nitrogen and oxygen atoms in total.